The molecule has 0 spiro atoms. The summed E-state index contributed by atoms with van der Waals surface area (Å²) < 4.78 is 1.95. The quantitative estimate of drug-likeness (QED) is 0.641. The molecule has 0 unspecified atom stereocenters. The third-order valence-electron chi connectivity index (χ3n) is 1.95. The van der Waals surface area contributed by atoms with Crippen LogP contribution in [0.2, 0.25) is 0 Å². The minimum absolute atomic E-state index is 0.0465. The van der Waals surface area contributed by atoms with E-state index in [-0.39, 0.29) is 5.54 Å². The molecule has 3 nitrogen and oxygen atoms in total. The van der Waals surface area contributed by atoms with Crippen LogP contribution in [-0.2, 0) is 5.54 Å². The summed E-state index contributed by atoms with van der Waals surface area (Å²) in [6, 6.07) is 0. The van der Waals surface area contributed by atoms with Crippen molar-refractivity contribution in [3.63, 3.8) is 0 Å². The van der Waals surface area contributed by atoms with Crippen LogP contribution in [0.5, 0.6) is 0 Å². The summed E-state index contributed by atoms with van der Waals surface area (Å²) in [5.74, 6) is 0. The van der Waals surface area contributed by atoms with Crippen LogP contribution in [0.4, 0.5) is 0 Å². The molecule has 13 heavy (non-hydrogen) atoms. The summed E-state index contributed by atoms with van der Waals surface area (Å²) in [5, 5.41) is 8.38. The zero-order valence-corrected chi connectivity index (χ0v) is 10.4. The second kappa shape index (κ2) is 3.06. The van der Waals surface area contributed by atoms with Gasteiger partial charge in [-0.15, -0.1) is 0 Å². The van der Waals surface area contributed by atoms with Crippen LogP contribution < -0.4 is 5.44 Å². The first-order valence-corrected chi connectivity index (χ1v) is 8.14. The van der Waals surface area contributed by atoms with E-state index >= 15 is 0 Å². The van der Waals surface area contributed by atoms with Gasteiger partial charge in [0.2, 0.25) is 0 Å². The molecule has 0 aromatic carbocycles. The summed E-state index contributed by atoms with van der Waals surface area (Å²) in [6.45, 7) is 13.2. The summed E-state index contributed by atoms with van der Waals surface area (Å²) >= 11 is 0. The zero-order valence-electron chi connectivity index (χ0n) is 9.42. The minimum atomic E-state index is -1.29. The van der Waals surface area contributed by atoms with E-state index in [2.05, 4.69) is 57.3 Å². The van der Waals surface area contributed by atoms with Crippen molar-refractivity contribution < 1.29 is 0 Å². The molecular weight excluding hydrogens is 181 g/mol. The Hall–Kier alpha value is -0.430. The molecule has 1 heterocycles. The molecule has 0 radical (unpaired) electrons. The predicted octanol–water partition coefficient (Wildman–Crippen LogP) is 1.30. The van der Waals surface area contributed by atoms with Crippen molar-refractivity contribution in [3.8, 4) is 0 Å². The summed E-state index contributed by atoms with van der Waals surface area (Å²) in [6.07, 6.45) is 2.09. The fraction of sp³-hybridized carbons (Fsp3) is 0.778. The Kier molecular flexibility index (Phi) is 2.50. The van der Waals surface area contributed by atoms with Gasteiger partial charge in [0.1, 0.15) is 0 Å². The molecule has 1 aromatic heterocycles. The molecule has 4 heteroatoms. The zero-order chi connectivity index (χ0) is 10.3. The van der Waals surface area contributed by atoms with Crippen LogP contribution in [0.3, 0.4) is 0 Å². The summed E-state index contributed by atoms with van der Waals surface area (Å²) in [4.78, 5) is 0. The topological polar surface area (TPSA) is 30.7 Å². The number of hydrogen-bond acceptors (Lipinski definition) is 2. The fourth-order valence-corrected chi connectivity index (χ4v) is 1.79. The molecule has 0 atom stereocenters. The van der Waals surface area contributed by atoms with Crippen molar-refractivity contribution in [3.05, 3.63) is 6.20 Å². The maximum atomic E-state index is 4.23. The first kappa shape index (κ1) is 10.6. The van der Waals surface area contributed by atoms with Gasteiger partial charge in [-0.25, -0.2) is 0 Å². The van der Waals surface area contributed by atoms with Gasteiger partial charge < -0.3 is 0 Å². The number of hydrogen-bond donors (Lipinski definition) is 0. The van der Waals surface area contributed by atoms with Gasteiger partial charge in [-0.1, -0.05) is 0 Å². The van der Waals surface area contributed by atoms with Crippen LogP contribution >= 0.6 is 7.26 Å². The van der Waals surface area contributed by atoms with Crippen molar-refractivity contribution >= 4 is 12.7 Å². The molecule has 76 valence electrons. The normalized spacial score (nSPS) is 14.6. The summed E-state index contributed by atoms with van der Waals surface area (Å²) in [7, 11) is -1.29. The molecule has 0 saturated heterocycles. The number of rotatable bonds is 1. The van der Waals surface area contributed by atoms with E-state index in [9.17, 15) is 0 Å². The average molecular weight is 201 g/mol. The Balaban J connectivity index is 3.01. The van der Waals surface area contributed by atoms with E-state index in [1.165, 1.54) is 5.44 Å². The molecule has 0 fully saturated rings. The molecule has 1 aromatic rings. The van der Waals surface area contributed by atoms with Crippen molar-refractivity contribution in [2.75, 3.05) is 20.0 Å². The van der Waals surface area contributed by atoms with Gasteiger partial charge in [-0.2, -0.15) is 0 Å². The van der Waals surface area contributed by atoms with Gasteiger partial charge in [0.25, 0.3) is 0 Å². The third kappa shape index (κ3) is 2.50. The van der Waals surface area contributed by atoms with Crippen LogP contribution in [-0.4, -0.2) is 35.0 Å². The average Bonchev–Trinajstić information content (AvgIpc) is 2.28. The molecule has 0 amide bonds. The molecule has 0 saturated carbocycles. The molecule has 0 aliphatic heterocycles. The van der Waals surface area contributed by atoms with Crippen molar-refractivity contribution in [2.45, 2.75) is 26.3 Å². The second-order valence-electron chi connectivity index (χ2n) is 5.47. The van der Waals surface area contributed by atoms with E-state index in [0.717, 1.165) is 0 Å². The van der Waals surface area contributed by atoms with Gasteiger partial charge >= 0.3 is 80.2 Å². The number of nitrogens with zero attached hydrogens (tertiary/aromatic N) is 3. The van der Waals surface area contributed by atoms with Gasteiger partial charge in [0.15, 0.2) is 0 Å². The molecule has 0 aliphatic carbocycles. The molecule has 0 N–H and O–H groups in total. The van der Waals surface area contributed by atoms with Gasteiger partial charge in [0, 0.05) is 0 Å². The Bertz CT molecular complexity index is 262. The third-order valence-corrected chi connectivity index (χ3v) is 3.72. The Morgan fingerprint density at radius 3 is 2.00 bits per heavy atom. The van der Waals surface area contributed by atoms with E-state index < -0.39 is 7.26 Å². The van der Waals surface area contributed by atoms with Crippen LogP contribution in [0.1, 0.15) is 20.8 Å². The Morgan fingerprint density at radius 1 is 1.23 bits per heavy atom. The van der Waals surface area contributed by atoms with E-state index in [1.807, 2.05) is 4.68 Å². The van der Waals surface area contributed by atoms with Crippen LogP contribution in [0, 0.1) is 0 Å². The van der Waals surface area contributed by atoms with Crippen molar-refractivity contribution in [1.82, 2.24) is 15.0 Å². The van der Waals surface area contributed by atoms with Gasteiger partial charge in [0.05, 0.1) is 0 Å². The van der Waals surface area contributed by atoms with Crippen molar-refractivity contribution in [1.29, 1.82) is 0 Å². The molecule has 0 bridgehead atoms. The first-order valence-electron chi connectivity index (χ1n) is 4.64. The number of aromatic nitrogens is 3. The molecule has 0 aliphatic rings. The summed E-state index contributed by atoms with van der Waals surface area (Å²) in [5.41, 5.74) is 1.23. The van der Waals surface area contributed by atoms with Crippen molar-refractivity contribution in [2.24, 2.45) is 0 Å². The van der Waals surface area contributed by atoms with E-state index in [4.69, 9.17) is 0 Å². The predicted molar refractivity (Wildman–Crippen MR) is 60.7 cm³/mol. The standard InChI is InChI=1S/C9H20N3P/c1-9(2,3)12-7-8(10-11-12)13(4,5)6/h7,13H,1-6H3. The monoisotopic (exact) mass is 201 g/mol. The van der Waals surface area contributed by atoms with E-state index in [1.54, 1.807) is 0 Å². The van der Waals surface area contributed by atoms with Crippen LogP contribution in [0.25, 0.3) is 0 Å². The van der Waals surface area contributed by atoms with Gasteiger partial charge in [-0.3, -0.25) is 0 Å². The first-order chi connectivity index (χ1) is 5.71. The SMILES string of the molecule is CC(C)(C)n1cc([PH](C)(C)C)nn1. The molecular formula is C9H20N3P. The van der Waals surface area contributed by atoms with Gasteiger partial charge in [-0.05, 0) is 0 Å². The fourth-order valence-electron chi connectivity index (χ4n) is 0.935. The maximum absolute atomic E-state index is 4.23. The molecule has 1 rings (SSSR count). The Morgan fingerprint density at radius 2 is 1.77 bits per heavy atom. The Labute approximate surface area is 80.9 Å². The van der Waals surface area contributed by atoms with Crippen LogP contribution in [0.15, 0.2) is 6.20 Å². The van der Waals surface area contributed by atoms with E-state index in [0.29, 0.717) is 0 Å². The second-order valence-corrected chi connectivity index (χ2v) is 10.5.